The zero-order valence-electron chi connectivity index (χ0n) is 39.9. The van der Waals surface area contributed by atoms with E-state index in [9.17, 15) is 58.8 Å². The number of likely N-dealkylation sites (tertiary alicyclic amines) is 1. The average molecular weight is 1000 g/mol. The Labute approximate surface area is 409 Å². The lowest BCUT2D eigenvalue weighted by atomic mass is 9.81. The highest BCUT2D eigenvalue weighted by atomic mass is 19.1. The molecule has 23 heteroatoms. The van der Waals surface area contributed by atoms with Crippen molar-refractivity contribution in [1.82, 2.24) is 24.7 Å². The molecule has 4 aromatic rings. The number of ether oxygens (including phenoxy) is 4. The van der Waals surface area contributed by atoms with E-state index in [1.54, 1.807) is 19.9 Å². The molecule has 0 spiro atoms. The molecule has 8 rings (SSSR count). The van der Waals surface area contributed by atoms with Gasteiger partial charge in [0.1, 0.15) is 31.3 Å². The lowest BCUT2D eigenvalue weighted by Crippen LogP contribution is -2.44. The second kappa shape index (κ2) is 20.4. The molecule has 1 fully saturated rings. The number of hydrogen-bond acceptors (Lipinski definition) is 16. The van der Waals surface area contributed by atoms with Crippen LogP contribution in [-0.4, -0.2) is 126 Å². The summed E-state index contributed by atoms with van der Waals surface area (Å²) in [6.45, 7) is 4.52. The molecule has 3 unspecified atom stereocenters. The highest BCUT2D eigenvalue weighted by Gasteiger charge is 2.40. The Morgan fingerprint density at radius 1 is 1.03 bits per heavy atom. The number of carbonyl (C=O) groups excluding carboxylic acids is 6. The number of likely N-dealkylation sites (N-methyl/N-ethyl adjacent to an activating group) is 1. The number of halogens is 1. The summed E-state index contributed by atoms with van der Waals surface area (Å²) >= 11 is 0. The van der Waals surface area contributed by atoms with E-state index in [4.69, 9.17) is 23.9 Å². The summed E-state index contributed by atoms with van der Waals surface area (Å²) < 4.78 is 38.9. The van der Waals surface area contributed by atoms with Gasteiger partial charge in [0.2, 0.25) is 29.9 Å². The molecule has 5 amide bonds. The summed E-state index contributed by atoms with van der Waals surface area (Å²) in [5.41, 5.74) is 4.10. The molecule has 1 saturated heterocycles. The molecule has 6 atom stereocenters. The normalized spacial score (nSPS) is 19.0. The van der Waals surface area contributed by atoms with E-state index in [1.807, 2.05) is 6.92 Å². The summed E-state index contributed by atoms with van der Waals surface area (Å²) in [5, 5.41) is 45.8. The minimum Gasteiger partial charge on any atom is -0.479 e. The van der Waals surface area contributed by atoms with Crippen molar-refractivity contribution in [3.63, 3.8) is 0 Å². The van der Waals surface area contributed by atoms with Gasteiger partial charge in [0.25, 0.3) is 11.8 Å². The van der Waals surface area contributed by atoms with Crippen LogP contribution in [0.15, 0.2) is 35.1 Å². The van der Waals surface area contributed by atoms with Crippen LogP contribution in [0.1, 0.15) is 97.4 Å². The first-order valence-corrected chi connectivity index (χ1v) is 23.3. The number of anilines is 1. The van der Waals surface area contributed by atoms with Gasteiger partial charge in [0.15, 0.2) is 6.10 Å². The van der Waals surface area contributed by atoms with Crippen LogP contribution in [0, 0.1) is 18.7 Å². The number of benzene rings is 2. The number of aromatic nitrogens is 2. The van der Waals surface area contributed by atoms with Crippen LogP contribution in [0.4, 0.5) is 14.9 Å². The predicted molar refractivity (Wildman–Crippen MR) is 247 cm³/mol. The van der Waals surface area contributed by atoms with Crippen LogP contribution in [0.25, 0.3) is 22.3 Å². The number of aryl methyl sites for hydroxylation is 1. The molecule has 2 aromatic carbocycles. The second-order valence-electron chi connectivity index (χ2n) is 18.2. The molecule has 3 aliphatic heterocycles. The molecule has 4 aliphatic rings. The third-order valence-electron chi connectivity index (χ3n) is 13.6. The summed E-state index contributed by atoms with van der Waals surface area (Å²) in [6, 6.07) is 6.23. The molecule has 382 valence electrons. The van der Waals surface area contributed by atoms with Crippen LogP contribution >= 0.6 is 0 Å². The Morgan fingerprint density at radius 2 is 1.78 bits per heavy atom. The van der Waals surface area contributed by atoms with Gasteiger partial charge in [-0.1, -0.05) is 19.9 Å². The van der Waals surface area contributed by atoms with Gasteiger partial charge in [-0.25, -0.2) is 19.0 Å². The fourth-order valence-corrected chi connectivity index (χ4v) is 9.71. The number of aliphatic carboxylic acids is 1. The quantitative estimate of drug-likeness (QED) is 0.0443. The third-order valence-corrected chi connectivity index (χ3v) is 13.6. The molecule has 22 nitrogen and oxygen atoms in total. The number of pyridine rings is 2. The highest BCUT2D eigenvalue weighted by molar-refractivity contribution is 6.06. The van der Waals surface area contributed by atoms with Crippen molar-refractivity contribution in [2.75, 3.05) is 25.5 Å². The fourth-order valence-electron chi connectivity index (χ4n) is 9.71. The lowest BCUT2D eigenvalue weighted by molar-refractivity contribution is -0.247. The third kappa shape index (κ3) is 9.71. The van der Waals surface area contributed by atoms with Crippen LogP contribution in [0.2, 0.25) is 0 Å². The summed E-state index contributed by atoms with van der Waals surface area (Å²) in [5.74, 6) is -6.72. The second-order valence-corrected chi connectivity index (χ2v) is 18.2. The van der Waals surface area contributed by atoms with Gasteiger partial charge >= 0.3 is 18.0 Å². The van der Waals surface area contributed by atoms with Gasteiger partial charge in [-0.15, -0.1) is 0 Å². The fraction of sp³-hybridized carbons (Fsp3) is 0.449. The minimum absolute atomic E-state index is 0.0378. The standard InChI is InChI=1S/C49H53FN6O16/c1-6-24-13-37(59)56(43(24)61)18-38(60)54(5)17-36(58)51-32-12-23(8-11-35(32)71-48(46(65)66)72-42(22(4)57)45(63)64)19-70-49(68)53-31-10-9-26-21(3)30(50)15-33-39(26)40(31)28-16-55-34(41(28)52-33)14-27-25(7-2)47(67)69-20-29(27)44(55)62/h8,11-12,14-15,22,24-25,31,42,46,48,57,65-66H,6-7,9-10,13,16-20H2,1-5H3,(H,51,58)(H,53,68)(H,63,64)/t22-,24?,25+,31-,42?,48?/m0/s1. The van der Waals surface area contributed by atoms with Crippen LogP contribution in [0.5, 0.6) is 5.75 Å². The number of esters is 1. The van der Waals surface area contributed by atoms with Gasteiger partial charge in [0.05, 0.1) is 59.3 Å². The molecule has 0 radical (unpaired) electrons. The van der Waals surface area contributed by atoms with Gasteiger partial charge in [0, 0.05) is 36.4 Å². The van der Waals surface area contributed by atoms with Crippen molar-refractivity contribution < 1.29 is 77.3 Å². The van der Waals surface area contributed by atoms with Crippen molar-refractivity contribution in [3.8, 4) is 17.1 Å². The van der Waals surface area contributed by atoms with Crippen molar-refractivity contribution in [1.29, 1.82) is 0 Å². The predicted octanol–water partition coefficient (Wildman–Crippen LogP) is 2.39. The van der Waals surface area contributed by atoms with Gasteiger partial charge in [-0.05, 0) is 85.5 Å². The Morgan fingerprint density at radius 3 is 2.44 bits per heavy atom. The number of rotatable bonds is 17. The first-order chi connectivity index (χ1) is 34.2. The summed E-state index contributed by atoms with van der Waals surface area (Å²) in [6.07, 6.45) is -7.75. The number of carboxylic acids is 1. The number of hydrogen-bond donors (Lipinski definition) is 6. The molecular weight excluding hydrogens is 948 g/mol. The lowest BCUT2D eigenvalue weighted by Gasteiger charge is -2.29. The summed E-state index contributed by atoms with van der Waals surface area (Å²) in [7, 11) is 1.26. The maximum Gasteiger partial charge on any atom is 0.407 e. The molecule has 0 saturated carbocycles. The van der Waals surface area contributed by atoms with Crippen molar-refractivity contribution in [2.24, 2.45) is 5.92 Å². The molecule has 0 bridgehead atoms. The van der Waals surface area contributed by atoms with E-state index < -0.39 is 110 Å². The van der Waals surface area contributed by atoms with E-state index in [0.29, 0.717) is 81.4 Å². The SMILES string of the molecule is CCC1CC(=O)N(CC(=O)N(C)CC(=O)Nc2cc(COC(=O)N[C@H]3CCc4c(C)c(F)cc5nc6c(c3c45)Cn3c-6cc4c(c3=O)COC(=O)[C@@H]4CC)ccc2OC(OC(C(=O)O)[C@H](C)O)C(O)O)C1=O. The Hall–Kier alpha value is -7.34. The molecule has 2 aromatic heterocycles. The number of nitrogens with zero attached hydrogens (tertiary/aromatic N) is 4. The van der Waals surface area contributed by atoms with E-state index in [-0.39, 0.29) is 42.1 Å². The molecule has 72 heavy (non-hydrogen) atoms. The topological polar surface area (TPSA) is 303 Å². The number of carboxylic acid groups (broad SMARTS) is 1. The molecule has 6 N–H and O–H groups in total. The van der Waals surface area contributed by atoms with E-state index in [1.165, 1.54) is 35.9 Å². The summed E-state index contributed by atoms with van der Waals surface area (Å²) in [4.78, 5) is 111. The van der Waals surface area contributed by atoms with Crippen LogP contribution in [-0.2, 0) is 69.2 Å². The van der Waals surface area contributed by atoms with E-state index in [0.717, 1.165) is 16.7 Å². The molecule has 5 heterocycles. The van der Waals surface area contributed by atoms with E-state index in [2.05, 4.69) is 10.6 Å². The smallest absolute Gasteiger partial charge is 0.407 e. The first kappa shape index (κ1) is 51.0. The minimum atomic E-state index is -2.49. The number of aliphatic hydroxyl groups excluding tert-OH is 2. The number of alkyl carbamates (subject to hydrolysis) is 1. The van der Waals surface area contributed by atoms with Crippen molar-refractivity contribution in [3.05, 3.63) is 85.4 Å². The first-order valence-electron chi connectivity index (χ1n) is 23.3. The number of cyclic esters (lactones) is 1. The Kier molecular flexibility index (Phi) is 14.5. The highest BCUT2D eigenvalue weighted by Crippen LogP contribution is 2.45. The number of amides is 5. The van der Waals surface area contributed by atoms with Crippen molar-refractivity contribution >= 4 is 58.3 Å². The maximum absolute atomic E-state index is 15.5. The number of fused-ring (bicyclic) bond motifs is 5. The number of aliphatic hydroxyl groups is 3. The zero-order valence-corrected chi connectivity index (χ0v) is 39.9. The average Bonchev–Trinajstić information content (AvgIpc) is 3.83. The van der Waals surface area contributed by atoms with Crippen LogP contribution in [0.3, 0.4) is 0 Å². The van der Waals surface area contributed by atoms with Gasteiger partial charge in [-0.2, -0.15) is 0 Å². The largest absolute Gasteiger partial charge is 0.479 e. The Balaban J connectivity index is 1.04. The van der Waals surface area contributed by atoms with Crippen LogP contribution < -0.4 is 20.9 Å². The Bertz CT molecular complexity index is 2990. The number of carbonyl (C=O) groups is 7. The van der Waals surface area contributed by atoms with Gasteiger partial charge < -0.3 is 59.5 Å². The monoisotopic (exact) mass is 1000 g/mol. The van der Waals surface area contributed by atoms with E-state index >= 15 is 4.39 Å². The molecule has 1 aliphatic carbocycles. The number of imide groups is 1. The van der Waals surface area contributed by atoms with Gasteiger partial charge in [-0.3, -0.25) is 33.7 Å². The molecular formula is C49H53FN6O16. The maximum atomic E-state index is 15.5. The zero-order chi connectivity index (χ0) is 52.0. The van der Waals surface area contributed by atoms with Crippen molar-refractivity contribution in [2.45, 2.75) is 116 Å². The number of nitrogens with one attached hydrogen (secondary N) is 2.